The lowest BCUT2D eigenvalue weighted by atomic mass is 9.91. The van der Waals surface area contributed by atoms with Crippen LogP contribution in [0.3, 0.4) is 0 Å². The third-order valence-electron chi connectivity index (χ3n) is 5.72. The number of hydrogen-bond acceptors (Lipinski definition) is 1. The average molecular weight is 397 g/mol. The van der Waals surface area contributed by atoms with Crippen molar-refractivity contribution in [2.45, 2.75) is 47.0 Å². The lowest BCUT2D eigenvalue weighted by Gasteiger charge is -2.29. The summed E-state index contributed by atoms with van der Waals surface area (Å²) in [5.74, 6) is 1.14. The Morgan fingerprint density at radius 2 is 1.30 bits per heavy atom. The Kier molecular flexibility index (Phi) is 7.43. The van der Waals surface area contributed by atoms with Crippen molar-refractivity contribution in [3.63, 3.8) is 0 Å². The molecule has 0 saturated carbocycles. The first-order valence-corrected chi connectivity index (χ1v) is 16.1. The second-order valence-corrected chi connectivity index (χ2v) is 17.2. The van der Waals surface area contributed by atoms with Gasteiger partial charge in [0.05, 0.1) is 6.61 Å². The topological polar surface area (TPSA) is 9.23 Å². The molecule has 0 heterocycles. The maximum absolute atomic E-state index is 6.62. The first kappa shape index (κ1) is 21.9. The monoisotopic (exact) mass is 396 g/mol. The second kappa shape index (κ2) is 9.18. The van der Waals surface area contributed by atoms with Crippen LogP contribution in [0.25, 0.3) is 0 Å². The number of hydrogen-bond donors (Lipinski definition) is 0. The fourth-order valence-corrected chi connectivity index (χ4v) is 7.51. The molecule has 0 spiro atoms. The van der Waals surface area contributed by atoms with Crippen LogP contribution in [0.1, 0.15) is 20.8 Å². The molecule has 0 amide bonds. The Bertz CT molecular complexity index is 733. The van der Waals surface area contributed by atoms with Crippen LogP contribution in [0.4, 0.5) is 0 Å². The summed E-state index contributed by atoms with van der Waals surface area (Å²) in [6, 6.07) is 21.7. The second-order valence-electron chi connectivity index (χ2n) is 9.00. The molecule has 2 rings (SSSR count). The van der Waals surface area contributed by atoms with E-state index in [4.69, 9.17) is 4.43 Å². The number of rotatable bonds is 8. The predicted octanol–water partition coefficient (Wildman–Crippen LogP) is 5.49. The van der Waals surface area contributed by atoms with Gasteiger partial charge in [0.15, 0.2) is 0 Å². The van der Waals surface area contributed by atoms with Gasteiger partial charge in [-0.15, -0.1) is 0 Å². The molecule has 2 aromatic rings. The van der Waals surface area contributed by atoms with Gasteiger partial charge in [0, 0.05) is 0 Å². The van der Waals surface area contributed by atoms with Gasteiger partial charge in [-0.3, -0.25) is 0 Å². The minimum atomic E-state index is -1.90. The summed E-state index contributed by atoms with van der Waals surface area (Å²) in [5.41, 5.74) is 4.06. The van der Waals surface area contributed by atoms with Gasteiger partial charge in [-0.05, 0) is 30.1 Å². The van der Waals surface area contributed by atoms with Gasteiger partial charge in [-0.2, -0.15) is 0 Å². The minimum Gasteiger partial charge on any atom is -0.409 e. The maximum atomic E-state index is 6.62. The van der Waals surface area contributed by atoms with Crippen LogP contribution in [0.5, 0.6) is 0 Å². The van der Waals surface area contributed by atoms with Crippen molar-refractivity contribution in [2.24, 2.45) is 11.8 Å². The zero-order valence-electron chi connectivity index (χ0n) is 18.1. The van der Waals surface area contributed by atoms with E-state index in [1.54, 1.807) is 0 Å². The van der Waals surface area contributed by atoms with E-state index in [1.165, 1.54) is 15.9 Å². The largest absolute Gasteiger partial charge is 0.409 e. The normalized spacial score (nSPS) is 14.4. The van der Waals surface area contributed by atoms with Crippen LogP contribution in [-0.4, -0.2) is 23.0 Å². The maximum Gasteiger partial charge on any atom is 0.218 e. The number of benzene rings is 2. The van der Waals surface area contributed by atoms with Gasteiger partial charge in [0.25, 0.3) is 0 Å². The first-order valence-electron chi connectivity index (χ1n) is 10.1. The molecule has 1 unspecified atom stereocenters. The molecule has 146 valence electrons. The van der Waals surface area contributed by atoms with Crippen molar-refractivity contribution >= 4 is 26.8 Å². The summed E-state index contributed by atoms with van der Waals surface area (Å²) in [6.07, 6.45) is 0. The van der Waals surface area contributed by atoms with Crippen molar-refractivity contribution in [1.82, 2.24) is 0 Å². The van der Waals surface area contributed by atoms with Crippen molar-refractivity contribution in [1.29, 1.82) is 0 Å². The van der Waals surface area contributed by atoms with E-state index in [-0.39, 0.29) is 0 Å². The van der Waals surface area contributed by atoms with E-state index in [2.05, 4.69) is 113 Å². The van der Waals surface area contributed by atoms with Gasteiger partial charge >= 0.3 is 0 Å². The Morgan fingerprint density at radius 3 is 1.78 bits per heavy atom. The highest BCUT2D eigenvalue weighted by molar-refractivity contribution is 6.94. The van der Waals surface area contributed by atoms with E-state index in [9.17, 15) is 0 Å². The van der Waals surface area contributed by atoms with Crippen LogP contribution in [0, 0.1) is 11.8 Å². The van der Waals surface area contributed by atoms with Crippen molar-refractivity contribution in [2.75, 3.05) is 6.61 Å². The van der Waals surface area contributed by atoms with Crippen molar-refractivity contribution in [3.05, 3.63) is 71.9 Å². The van der Waals surface area contributed by atoms with Crippen LogP contribution in [-0.2, 0) is 4.43 Å². The summed E-state index contributed by atoms with van der Waals surface area (Å²) in [7, 11) is -3.56. The first-order chi connectivity index (χ1) is 12.6. The van der Waals surface area contributed by atoms with Crippen LogP contribution in [0.15, 0.2) is 71.9 Å². The van der Waals surface area contributed by atoms with Gasteiger partial charge in [0.1, 0.15) is 8.07 Å². The van der Waals surface area contributed by atoms with Gasteiger partial charge in [-0.1, -0.05) is 111 Å². The van der Waals surface area contributed by atoms with E-state index < -0.39 is 16.4 Å². The predicted molar refractivity (Wildman–Crippen MR) is 125 cm³/mol. The fraction of sp³-hybridized carbons (Fsp3) is 0.417. The third-order valence-corrected chi connectivity index (χ3v) is 11.2. The molecule has 0 fully saturated rings. The summed E-state index contributed by atoms with van der Waals surface area (Å²) in [6.45, 7) is 17.2. The Hall–Kier alpha value is -1.43. The summed E-state index contributed by atoms with van der Waals surface area (Å²) < 4.78 is 6.62. The molecule has 3 heteroatoms. The Balaban J connectivity index is 2.27. The van der Waals surface area contributed by atoms with E-state index in [1.807, 2.05) is 0 Å². The lowest BCUT2D eigenvalue weighted by Crippen LogP contribution is -2.46. The zero-order valence-corrected chi connectivity index (χ0v) is 20.1. The molecular weight excluding hydrogens is 360 g/mol. The molecule has 1 atom stereocenters. The lowest BCUT2D eigenvalue weighted by molar-refractivity contribution is 0.320. The standard InChI is InChI=1S/C24H36OSi2/c1-20(2)21(3)22(19-26(4,5)23-14-10-8-11-15-23)18-25-27(6,7)24-16-12-9-13-17-24/h8-17,19-21H,18H2,1-7H3/b22-19-. The molecule has 0 bridgehead atoms. The van der Waals surface area contributed by atoms with Crippen LogP contribution in [0.2, 0.25) is 26.2 Å². The Labute approximate surface area is 168 Å². The summed E-state index contributed by atoms with van der Waals surface area (Å²) >= 11 is 0. The molecular formula is C24H36OSi2. The highest BCUT2D eigenvalue weighted by atomic mass is 28.4. The highest BCUT2D eigenvalue weighted by Crippen LogP contribution is 2.24. The average Bonchev–Trinajstić information content (AvgIpc) is 2.66. The van der Waals surface area contributed by atoms with E-state index >= 15 is 0 Å². The molecule has 0 radical (unpaired) electrons. The smallest absolute Gasteiger partial charge is 0.218 e. The highest BCUT2D eigenvalue weighted by Gasteiger charge is 2.28. The van der Waals surface area contributed by atoms with Crippen molar-refractivity contribution in [3.8, 4) is 0 Å². The fourth-order valence-electron chi connectivity index (χ4n) is 3.33. The Morgan fingerprint density at radius 1 is 0.815 bits per heavy atom. The molecule has 0 aromatic heterocycles. The molecule has 1 nitrogen and oxygen atoms in total. The molecule has 2 aromatic carbocycles. The minimum absolute atomic E-state index is 0.529. The third kappa shape index (κ3) is 6.03. The van der Waals surface area contributed by atoms with Gasteiger partial charge in [-0.25, -0.2) is 0 Å². The quantitative estimate of drug-likeness (QED) is 0.536. The SMILES string of the molecule is CC(C)C(C)/C(=C\[Si](C)(C)c1ccccc1)CO[Si](C)(C)c1ccccc1. The van der Waals surface area contributed by atoms with Crippen LogP contribution >= 0.6 is 0 Å². The zero-order chi connectivity index (χ0) is 20.1. The van der Waals surface area contributed by atoms with Crippen LogP contribution < -0.4 is 10.4 Å². The van der Waals surface area contributed by atoms with Crippen molar-refractivity contribution < 1.29 is 4.43 Å². The molecule has 27 heavy (non-hydrogen) atoms. The van der Waals surface area contributed by atoms with E-state index in [0.717, 1.165) is 6.61 Å². The molecule has 0 aliphatic heterocycles. The molecule has 0 aliphatic carbocycles. The summed E-state index contributed by atoms with van der Waals surface area (Å²) in [4.78, 5) is 0. The summed E-state index contributed by atoms with van der Waals surface area (Å²) in [5, 5.41) is 2.85. The van der Waals surface area contributed by atoms with E-state index in [0.29, 0.717) is 11.8 Å². The van der Waals surface area contributed by atoms with Gasteiger partial charge in [0.2, 0.25) is 8.32 Å². The van der Waals surface area contributed by atoms with Gasteiger partial charge < -0.3 is 4.43 Å². The molecule has 0 saturated heterocycles. The molecule has 0 N–H and O–H groups in total. The molecule has 0 aliphatic rings.